The Kier molecular flexibility index (Phi) is 5.15. The molecule has 2 aromatic rings. The molecule has 21 heavy (non-hydrogen) atoms. The molecule has 0 aliphatic rings. The van der Waals surface area contributed by atoms with Crippen molar-refractivity contribution in [2.45, 2.75) is 44.7 Å². The summed E-state index contributed by atoms with van der Waals surface area (Å²) in [5.74, 6) is 0. The second-order valence-electron chi connectivity index (χ2n) is 4.69. The van der Waals surface area contributed by atoms with Crippen molar-refractivity contribution in [1.29, 1.82) is 0 Å². The third kappa shape index (κ3) is 3.51. The van der Waals surface area contributed by atoms with Gasteiger partial charge in [0.25, 0.3) is 0 Å². The third-order valence-corrected chi connectivity index (χ3v) is 7.34. The quantitative estimate of drug-likeness (QED) is 0.843. The van der Waals surface area contributed by atoms with Crippen LogP contribution in [0.4, 0.5) is 0 Å². The SMILES string of the molecule is CCc1cnc(C(C)NS(=O)(=O)c2c(C)csc2CO)s1. The minimum Gasteiger partial charge on any atom is -0.391 e. The summed E-state index contributed by atoms with van der Waals surface area (Å²) in [5.41, 5.74) is 0.650. The number of thiazole rings is 1. The molecule has 0 aromatic carbocycles. The van der Waals surface area contributed by atoms with Gasteiger partial charge in [0.05, 0.1) is 17.5 Å². The highest BCUT2D eigenvalue weighted by molar-refractivity contribution is 7.89. The normalized spacial score (nSPS) is 13.5. The van der Waals surface area contributed by atoms with Gasteiger partial charge in [0.2, 0.25) is 10.0 Å². The van der Waals surface area contributed by atoms with Gasteiger partial charge in [-0.2, -0.15) is 0 Å². The van der Waals surface area contributed by atoms with Crippen molar-refractivity contribution >= 4 is 32.7 Å². The van der Waals surface area contributed by atoms with Crippen LogP contribution in [0.5, 0.6) is 0 Å². The lowest BCUT2D eigenvalue weighted by atomic mass is 10.3. The van der Waals surface area contributed by atoms with E-state index in [1.807, 2.05) is 6.92 Å². The van der Waals surface area contributed by atoms with E-state index in [1.165, 1.54) is 22.7 Å². The molecule has 0 saturated carbocycles. The van der Waals surface area contributed by atoms with E-state index in [0.29, 0.717) is 10.4 Å². The van der Waals surface area contributed by atoms with E-state index in [2.05, 4.69) is 9.71 Å². The summed E-state index contributed by atoms with van der Waals surface area (Å²) in [4.78, 5) is 6.03. The number of nitrogens with zero attached hydrogens (tertiary/aromatic N) is 1. The van der Waals surface area contributed by atoms with Crippen LogP contribution in [0.2, 0.25) is 0 Å². The minimum absolute atomic E-state index is 0.189. The second-order valence-corrected chi connectivity index (χ2v) is 8.45. The number of hydrogen-bond donors (Lipinski definition) is 2. The van der Waals surface area contributed by atoms with E-state index in [9.17, 15) is 13.5 Å². The van der Waals surface area contributed by atoms with Crippen molar-refractivity contribution in [1.82, 2.24) is 9.71 Å². The van der Waals surface area contributed by atoms with E-state index >= 15 is 0 Å². The van der Waals surface area contributed by atoms with Crippen LogP contribution in [0.15, 0.2) is 16.5 Å². The Bertz CT molecular complexity index is 719. The Balaban J connectivity index is 2.26. The zero-order chi connectivity index (χ0) is 15.6. The molecule has 8 heteroatoms. The molecule has 2 heterocycles. The van der Waals surface area contributed by atoms with Gasteiger partial charge in [0, 0.05) is 11.1 Å². The molecule has 0 saturated heterocycles. The van der Waals surface area contributed by atoms with Crippen LogP contribution in [0.3, 0.4) is 0 Å². The standard InChI is InChI=1S/C13H18N2O3S3/c1-4-10-5-14-13(20-10)9(3)15-21(17,18)12-8(2)7-19-11(12)6-16/h5,7,9,15-16H,4,6H2,1-3H3. The van der Waals surface area contributed by atoms with E-state index in [-0.39, 0.29) is 11.5 Å². The summed E-state index contributed by atoms with van der Waals surface area (Å²) in [6.45, 7) is 5.26. The Hall–Kier alpha value is -0.800. The number of aliphatic hydroxyl groups excluding tert-OH is 1. The zero-order valence-electron chi connectivity index (χ0n) is 12.1. The molecule has 1 atom stereocenters. The summed E-state index contributed by atoms with van der Waals surface area (Å²) >= 11 is 2.76. The van der Waals surface area contributed by atoms with Crippen molar-refractivity contribution < 1.29 is 13.5 Å². The van der Waals surface area contributed by atoms with Gasteiger partial charge in [-0.3, -0.25) is 0 Å². The first-order valence-corrected chi connectivity index (χ1v) is 9.71. The van der Waals surface area contributed by atoms with Gasteiger partial charge < -0.3 is 5.11 Å². The molecule has 1 unspecified atom stereocenters. The van der Waals surface area contributed by atoms with Gasteiger partial charge in [-0.25, -0.2) is 18.1 Å². The van der Waals surface area contributed by atoms with Crippen molar-refractivity contribution in [3.05, 3.63) is 31.9 Å². The van der Waals surface area contributed by atoms with Crippen LogP contribution >= 0.6 is 22.7 Å². The first-order chi connectivity index (χ1) is 9.89. The first kappa shape index (κ1) is 16.6. The summed E-state index contributed by atoms with van der Waals surface area (Å²) < 4.78 is 27.7. The molecular formula is C13H18N2O3S3. The van der Waals surface area contributed by atoms with Crippen LogP contribution in [0.25, 0.3) is 0 Å². The maximum absolute atomic E-state index is 12.5. The largest absolute Gasteiger partial charge is 0.391 e. The van der Waals surface area contributed by atoms with Crippen molar-refractivity contribution in [2.75, 3.05) is 0 Å². The summed E-state index contributed by atoms with van der Waals surface area (Å²) in [6.07, 6.45) is 2.66. The maximum Gasteiger partial charge on any atom is 0.242 e. The van der Waals surface area contributed by atoms with Gasteiger partial charge in [0.15, 0.2) is 0 Å². The molecule has 0 amide bonds. The number of aliphatic hydroxyl groups is 1. The van der Waals surface area contributed by atoms with E-state index < -0.39 is 16.1 Å². The summed E-state index contributed by atoms with van der Waals surface area (Å²) in [6, 6.07) is -0.397. The Morgan fingerprint density at radius 2 is 2.19 bits per heavy atom. The fourth-order valence-electron chi connectivity index (χ4n) is 1.99. The van der Waals surface area contributed by atoms with Crippen molar-refractivity contribution in [3.8, 4) is 0 Å². The topological polar surface area (TPSA) is 79.3 Å². The molecule has 2 N–H and O–H groups in total. The molecule has 0 spiro atoms. The maximum atomic E-state index is 12.5. The highest BCUT2D eigenvalue weighted by Gasteiger charge is 2.25. The van der Waals surface area contributed by atoms with Gasteiger partial charge >= 0.3 is 0 Å². The number of aromatic nitrogens is 1. The smallest absolute Gasteiger partial charge is 0.242 e. The monoisotopic (exact) mass is 346 g/mol. The summed E-state index contributed by atoms with van der Waals surface area (Å²) in [5, 5.41) is 11.8. The van der Waals surface area contributed by atoms with E-state index in [1.54, 1.807) is 25.4 Å². The van der Waals surface area contributed by atoms with Crippen LogP contribution in [0, 0.1) is 6.92 Å². The third-order valence-electron chi connectivity index (χ3n) is 3.02. The lowest BCUT2D eigenvalue weighted by Crippen LogP contribution is -2.27. The zero-order valence-corrected chi connectivity index (χ0v) is 14.5. The van der Waals surface area contributed by atoms with Crippen LogP contribution < -0.4 is 4.72 Å². The Labute approximate surface area is 132 Å². The molecule has 0 radical (unpaired) electrons. The van der Waals surface area contributed by atoms with E-state index in [4.69, 9.17) is 0 Å². The molecule has 0 aliphatic carbocycles. The molecular weight excluding hydrogens is 328 g/mol. The van der Waals surface area contributed by atoms with Crippen LogP contribution in [-0.2, 0) is 23.1 Å². The predicted octanol–water partition coefficient (Wildman–Crippen LogP) is 2.61. The first-order valence-electron chi connectivity index (χ1n) is 6.53. The molecule has 5 nitrogen and oxygen atoms in total. The molecule has 2 aromatic heterocycles. The minimum atomic E-state index is -3.67. The van der Waals surface area contributed by atoms with E-state index in [0.717, 1.165) is 16.3 Å². The second kappa shape index (κ2) is 6.53. The summed E-state index contributed by atoms with van der Waals surface area (Å²) in [7, 11) is -3.67. The predicted molar refractivity (Wildman–Crippen MR) is 85.2 cm³/mol. The number of thiophene rings is 1. The van der Waals surface area contributed by atoms with Gasteiger partial charge in [-0.1, -0.05) is 6.92 Å². The molecule has 0 fully saturated rings. The van der Waals surface area contributed by atoms with Gasteiger partial charge in [0.1, 0.15) is 9.90 Å². The molecule has 0 bridgehead atoms. The molecule has 116 valence electrons. The number of nitrogens with one attached hydrogen (secondary N) is 1. The lowest BCUT2D eigenvalue weighted by Gasteiger charge is -2.13. The van der Waals surface area contributed by atoms with Crippen LogP contribution in [-0.4, -0.2) is 18.5 Å². The average Bonchev–Trinajstić information content (AvgIpc) is 3.04. The van der Waals surface area contributed by atoms with Crippen molar-refractivity contribution in [3.63, 3.8) is 0 Å². The number of rotatable bonds is 6. The highest BCUT2D eigenvalue weighted by atomic mass is 32.2. The molecule has 2 rings (SSSR count). The Morgan fingerprint density at radius 3 is 2.76 bits per heavy atom. The number of hydrogen-bond acceptors (Lipinski definition) is 6. The van der Waals surface area contributed by atoms with Crippen molar-refractivity contribution in [2.24, 2.45) is 0 Å². The fourth-order valence-corrected chi connectivity index (χ4v) is 5.79. The number of sulfonamides is 1. The van der Waals surface area contributed by atoms with Crippen LogP contribution in [0.1, 0.15) is 40.2 Å². The fraction of sp³-hybridized carbons (Fsp3) is 0.462. The highest BCUT2D eigenvalue weighted by Crippen LogP contribution is 2.29. The van der Waals surface area contributed by atoms with Gasteiger partial charge in [-0.15, -0.1) is 22.7 Å². The lowest BCUT2D eigenvalue weighted by molar-refractivity contribution is 0.282. The number of aryl methyl sites for hydroxylation is 2. The Morgan fingerprint density at radius 1 is 1.48 bits per heavy atom. The average molecular weight is 346 g/mol. The van der Waals surface area contributed by atoms with Gasteiger partial charge in [-0.05, 0) is 31.2 Å². The molecule has 0 aliphatic heterocycles.